The van der Waals surface area contributed by atoms with E-state index in [0.29, 0.717) is 5.88 Å². The molecule has 0 N–H and O–H groups in total. The first-order chi connectivity index (χ1) is 7.65. The number of halogens is 1. The van der Waals surface area contributed by atoms with Gasteiger partial charge in [0.25, 0.3) is 0 Å². The van der Waals surface area contributed by atoms with Crippen LogP contribution in [0.3, 0.4) is 0 Å². The van der Waals surface area contributed by atoms with Gasteiger partial charge in [0.2, 0.25) is 5.88 Å². The number of aromatic nitrogens is 2. The van der Waals surface area contributed by atoms with Crippen LogP contribution in [0.2, 0.25) is 0 Å². The van der Waals surface area contributed by atoms with Crippen LogP contribution in [0.5, 0.6) is 5.88 Å². The maximum absolute atomic E-state index is 5.29. The van der Waals surface area contributed by atoms with Gasteiger partial charge in [-0.25, -0.2) is 9.97 Å². The van der Waals surface area contributed by atoms with Crippen LogP contribution in [0, 0.1) is 6.92 Å². The normalized spacial score (nSPS) is 10.8. The van der Waals surface area contributed by atoms with Crippen LogP contribution >= 0.6 is 15.9 Å². The third-order valence-corrected chi connectivity index (χ3v) is 3.11. The number of aryl methyl sites for hydroxylation is 2. The summed E-state index contributed by atoms with van der Waals surface area (Å²) in [5.41, 5.74) is 2.77. The van der Waals surface area contributed by atoms with Crippen LogP contribution in [-0.4, -0.2) is 17.1 Å². The zero-order chi connectivity index (χ0) is 11.7. The van der Waals surface area contributed by atoms with E-state index in [9.17, 15) is 0 Å². The van der Waals surface area contributed by atoms with Crippen molar-refractivity contribution in [1.29, 1.82) is 0 Å². The Bertz CT molecular complexity index is 540. The van der Waals surface area contributed by atoms with Gasteiger partial charge in [0, 0.05) is 21.2 Å². The molecule has 4 heteroatoms. The van der Waals surface area contributed by atoms with Crippen molar-refractivity contribution < 1.29 is 4.74 Å². The van der Waals surface area contributed by atoms with Crippen molar-refractivity contribution in [1.82, 2.24) is 9.97 Å². The summed E-state index contributed by atoms with van der Waals surface area (Å²) in [6.07, 6.45) is 0.882. The van der Waals surface area contributed by atoms with E-state index in [0.717, 1.165) is 33.2 Å². The Labute approximate surface area is 103 Å². The molecule has 0 saturated carbocycles. The average Bonchev–Trinajstić information content (AvgIpc) is 2.28. The summed E-state index contributed by atoms with van der Waals surface area (Å²) in [6.45, 7) is 4.03. The standard InChI is InChI=1S/C12H13BrN2O/c1-4-8-6-9-10(13)5-7(2)14-11(9)12(15-8)16-3/h5-6H,4H2,1-3H3. The highest BCUT2D eigenvalue weighted by molar-refractivity contribution is 9.10. The summed E-state index contributed by atoms with van der Waals surface area (Å²) >= 11 is 3.55. The zero-order valence-corrected chi connectivity index (χ0v) is 11.1. The lowest BCUT2D eigenvalue weighted by atomic mass is 10.2. The molecule has 0 bridgehead atoms. The molecule has 0 unspecified atom stereocenters. The fourth-order valence-corrected chi connectivity index (χ4v) is 2.28. The minimum Gasteiger partial charge on any atom is -0.479 e. The van der Waals surface area contributed by atoms with Gasteiger partial charge in [0.15, 0.2) is 0 Å². The van der Waals surface area contributed by atoms with Crippen molar-refractivity contribution in [2.75, 3.05) is 7.11 Å². The van der Waals surface area contributed by atoms with E-state index in [1.165, 1.54) is 0 Å². The van der Waals surface area contributed by atoms with Crippen LogP contribution < -0.4 is 4.74 Å². The molecule has 0 saturated heterocycles. The van der Waals surface area contributed by atoms with Crippen molar-refractivity contribution in [3.8, 4) is 5.88 Å². The minimum absolute atomic E-state index is 0.596. The third kappa shape index (κ3) is 1.89. The average molecular weight is 281 g/mol. The van der Waals surface area contributed by atoms with Gasteiger partial charge < -0.3 is 4.74 Å². The molecule has 0 fully saturated rings. The SMILES string of the molecule is CCc1cc2c(Br)cc(C)nc2c(OC)n1. The van der Waals surface area contributed by atoms with E-state index in [4.69, 9.17) is 4.74 Å². The summed E-state index contributed by atoms with van der Waals surface area (Å²) in [7, 11) is 1.62. The molecule has 2 heterocycles. The van der Waals surface area contributed by atoms with Crippen LogP contribution in [0.15, 0.2) is 16.6 Å². The highest BCUT2D eigenvalue weighted by Gasteiger charge is 2.10. The number of pyridine rings is 2. The molecule has 16 heavy (non-hydrogen) atoms. The smallest absolute Gasteiger partial charge is 0.240 e. The van der Waals surface area contributed by atoms with Gasteiger partial charge in [-0.15, -0.1) is 0 Å². The first-order valence-corrected chi connectivity index (χ1v) is 5.95. The zero-order valence-electron chi connectivity index (χ0n) is 9.54. The van der Waals surface area contributed by atoms with Crippen LogP contribution in [-0.2, 0) is 6.42 Å². The maximum atomic E-state index is 5.29. The molecule has 0 amide bonds. The Hall–Kier alpha value is -1.16. The van der Waals surface area contributed by atoms with E-state index in [1.54, 1.807) is 7.11 Å². The van der Waals surface area contributed by atoms with Crippen LogP contribution in [0.1, 0.15) is 18.3 Å². The maximum Gasteiger partial charge on any atom is 0.240 e. The van der Waals surface area contributed by atoms with E-state index < -0.39 is 0 Å². The quantitative estimate of drug-likeness (QED) is 0.847. The number of hydrogen-bond donors (Lipinski definition) is 0. The minimum atomic E-state index is 0.596. The second kappa shape index (κ2) is 4.37. The lowest BCUT2D eigenvalue weighted by Gasteiger charge is -2.08. The molecular formula is C12H13BrN2O. The van der Waals surface area contributed by atoms with Gasteiger partial charge in [-0.05, 0) is 25.5 Å². The van der Waals surface area contributed by atoms with Gasteiger partial charge >= 0.3 is 0 Å². The van der Waals surface area contributed by atoms with E-state index in [2.05, 4.69) is 32.8 Å². The number of nitrogens with zero attached hydrogens (tertiary/aromatic N) is 2. The predicted octanol–water partition coefficient (Wildman–Crippen LogP) is 3.27. The lowest BCUT2D eigenvalue weighted by Crippen LogP contribution is -1.97. The third-order valence-electron chi connectivity index (χ3n) is 2.45. The number of fused-ring (bicyclic) bond motifs is 1. The Kier molecular flexibility index (Phi) is 3.10. The van der Waals surface area contributed by atoms with Crippen LogP contribution in [0.4, 0.5) is 0 Å². The monoisotopic (exact) mass is 280 g/mol. The largest absolute Gasteiger partial charge is 0.479 e. The van der Waals surface area contributed by atoms with E-state index in [1.807, 2.05) is 19.1 Å². The first kappa shape index (κ1) is 11.3. The van der Waals surface area contributed by atoms with Crippen LogP contribution in [0.25, 0.3) is 10.9 Å². The van der Waals surface area contributed by atoms with Gasteiger partial charge in [-0.3, -0.25) is 0 Å². The summed E-state index contributed by atoms with van der Waals surface area (Å²) < 4.78 is 6.32. The summed E-state index contributed by atoms with van der Waals surface area (Å²) in [6, 6.07) is 4.05. The van der Waals surface area contributed by atoms with Crippen molar-refractivity contribution in [3.63, 3.8) is 0 Å². The first-order valence-electron chi connectivity index (χ1n) is 5.16. The summed E-state index contributed by atoms with van der Waals surface area (Å²) in [5.74, 6) is 0.596. The number of hydrogen-bond acceptors (Lipinski definition) is 3. The molecule has 0 aromatic carbocycles. The molecule has 0 atom stereocenters. The summed E-state index contributed by atoms with van der Waals surface area (Å²) in [4.78, 5) is 8.88. The van der Waals surface area contributed by atoms with E-state index >= 15 is 0 Å². The van der Waals surface area contributed by atoms with Gasteiger partial charge in [-0.1, -0.05) is 22.9 Å². The Morgan fingerprint density at radius 1 is 1.31 bits per heavy atom. The molecule has 84 valence electrons. The van der Waals surface area contributed by atoms with Crippen molar-refractivity contribution >= 4 is 26.8 Å². The Morgan fingerprint density at radius 2 is 2.06 bits per heavy atom. The molecule has 0 aliphatic carbocycles. The van der Waals surface area contributed by atoms with Crippen molar-refractivity contribution in [3.05, 3.63) is 28.0 Å². The molecule has 0 aliphatic rings. The second-order valence-electron chi connectivity index (χ2n) is 3.62. The fraction of sp³-hybridized carbons (Fsp3) is 0.333. The second-order valence-corrected chi connectivity index (χ2v) is 4.47. The molecule has 2 aromatic heterocycles. The molecule has 0 aliphatic heterocycles. The highest BCUT2D eigenvalue weighted by atomic mass is 79.9. The van der Waals surface area contributed by atoms with E-state index in [-0.39, 0.29) is 0 Å². The topological polar surface area (TPSA) is 35.0 Å². The van der Waals surface area contributed by atoms with Gasteiger partial charge in [-0.2, -0.15) is 0 Å². The Balaban J connectivity index is 2.83. The molecule has 3 nitrogen and oxygen atoms in total. The number of methoxy groups -OCH3 is 1. The highest BCUT2D eigenvalue weighted by Crippen LogP contribution is 2.29. The molecule has 2 aromatic rings. The number of rotatable bonds is 2. The lowest BCUT2D eigenvalue weighted by molar-refractivity contribution is 0.401. The molecule has 2 rings (SSSR count). The summed E-state index contributed by atoms with van der Waals surface area (Å²) in [5, 5.41) is 1.05. The molecule has 0 spiro atoms. The van der Waals surface area contributed by atoms with Gasteiger partial charge in [0.05, 0.1) is 7.11 Å². The molecular weight excluding hydrogens is 268 g/mol. The fourth-order valence-electron chi connectivity index (χ4n) is 1.65. The van der Waals surface area contributed by atoms with Crippen molar-refractivity contribution in [2.45, 2.75) is 20.3 Å². The Morgan fingerprint density at radius 3 is 2.69 bits per heavy atom. The molecule has 0 radical (unpaired) electrons. The number of ether oxygens (including phenoxy) is 1. The van der Waals surface area contributed by atoms with Crippen molar-refractivity contribution in [2.24, 2.45) is 0 Å². The van der Waals surface area contributed by atoms with Gasteiger partial charge in [0.1, 0.15) is 5.52 Å². The predicted molar refractivity (Wildman–Crippen MR) is 67.9 cm³/mol.